The summed E-state index contributed by atoms with van der Waals surface area (Å²) in [6, 6.07) is 4.74. The highest BCUT2D eigenvalue weighted by molar-refractivity contribution is 5.67. The number of alkyl carbamates (subject to hydrolysis) is 1. The molecule has 0 radical (unpaired) electrons. The van der Waals surface area contributed by atoms with Gasteiger partial charge in [-0.05, 0) is 76.0 Å². The summed E-state index contributed by atoms with van der Waals surface area (Å²) < 4.78 is 24.7. The predicted molar refractivity (Wildman–Crippen MR) is 89.7 cm³/mol. The summed E-state index contributed by atoms with van der Waals surface area (Å²) >= 11 is 0. The van der Waals surface area contributed by atoms with E-state index in [0.29, 0.717) is 25.0 Å². The van der Waals surface area contributed by atoms with Crippen molar-refractivity contribution in [1.29, 1.82) is 0 Å². The third-order valence-electron chi connectivity index (χ3n) is 4.37. The Morgan fingerprint density at radius 2 is 2.08 bits per heavy atom. The van der Waals surface area contributed by atoms with Crippen molar-refractivity contribution >= 4 is 6.09 Å². The highest BCUT2D eigenvalue weighted by atomic mass is 19.1. The van der Waals surface area contributed by atoms with Gasteiger partial charge >= 0.3 is 6.09 Å². The normalized spacial score (nSPS) is 22.8. The molecule has 1 aromatic carbocycles. The molecule has 0 bridgehead atoms. The average molecular weight is 335 g/mol. The average Bonchev–Trinajstić information content (AvgIpc) is 3.36. The van der Waals surface area contributed by atoms with Crippen molar-refractivity contribution in [3.05, 3.63) is 29.6 Å². The van der Waals surface area contributed by atoms with Crippen LogP contribution >= 0.6 is 0 Å². The van der Waals surface area contributed by atoms with Crippen molar-refractivity contribution < 1.29 is 18.7 Å². The van der Waals surface area contributed by atoms with Gasteiger partial charge in [0.1, 0.15) is 17.2 Å². The Hall–Kier alpha value is -1.78. The number of rotatable bonds is 6. The van der Waals surface area contributed by atoms with E-state index in [1.165, 1.54) is 18.9 Å². The molecule has 0 saturated heterocycles. The summed E-state index contributed by atoms with van der Waals surface area (Å²) in [5.41, 5.74) is 0.422. The molecule has 2 saturated carbocycles. The van der Waals surface area contributed by atoms with Gasteiger partial charge in [0.05, 0.1) is 6.61 Å². The van der Waals surface area contributed by atoms with Gasteiger partial charge in [-0.3, -0.25) is 0 Å². The molecule has 0 spiro atoms. The zero-order valence-electron chi connectivity index (χ0n) is 14.6. The molecule has 1 amide bonds. The monoisotopic (exact) mass is 335 g/mol. The van der Waals surface area contributed by atoms with Crippen LogP contribution in [0.2, 0.25) is 0 Å². The zero-order valence-corrected chi connectivity index (χ0v) is 14.6. The molecule has 1 aromatic rings. The Bertz CT molecular complexity index is 607. The van der Waals surface area contributed by atoms with Crippen molar-refractivity contribution in [2.45, 2.75) is 51.6 Å². The highest BCUT2D eigenvalue weighted by Gasteiger charge is 2.40. The quantitative estimate of drug-likeness (QED) is 0.846. The fourth-order valence-corrected chi connectivity index (χ4v) is 2.82. The molecule has 5 heteroatoms. The minimum atomic E-state index is -0.501. The number of hydrogen-bond acceptors (Lipinski definition) is 3. The summed E-state index contributed by atoms with van der Waals surface area (Å²) in [6.07, 6.45) is 2.97. The first-order chi connectivity index (χ1) is 11.3. The number of ether oxygens (including phenoxy) is 2. The third kappa shape index (κ3) is 4.86. The van der Waals surface area contributed by atoms with E-state index < -0.39 is 11.7 Å². The van der Waals surface area contributed by atoms with Crippen LogP contribution < -0.4 is 10.1 Å². The maximum atomic E-state index is 13.6. The standard InChI is InChI=1S/C19H26FNO3/c1-19(2,3)24-18(22)21-10-13-8-15(13)16-9-14(20)6-7-17(16)23-11-12-4-5-12/h6-7,9,12-13,15H,4-5,8,10-11H2,1-3H3,(H,21,22)/t13-,15+/m0/s1. The molecule has 4 nitrogen and oxygen atoms in total. The highest BCUT2D eigenvalue weighted by Crippen LogP contribution is 2.50. The van der Waals surface area contributed by atoms with E-state index in [4.69, 9.17) is 9.47 Å². The molecular weight excluding hydrogens is 309 g/mol. The predicted octanol–water partition coefficient (Wildman–Crippen LogP) is 4.24. The first kappa shape index (κ1) is 17.1. The fourth-order valence-electron chi connectivity index (χ4n) is 2.82. The van der Waals surface area contributed by atoms with Crippen molar-refractivity contribution in [2.75, 3.05) is 13.2 Å². The summed E-state index contributed by atoms with van der Waals surface area (Å²) in [7, 11) is 0. The maximum absolute atomic E-state index is 13.6. The number of halogens is 1. The Balaban J connectivity index is 1.54. The smallest absolute Gasteiger partial charge is 0.407 e. The van der Waals surface area contributed by atoms with E-state index >= 15 is 0 Å². The van der Waals surface area contributed by atoms with Crippen molar-refractivity contribution in [1.82, 2.24) is 5.32 Å². The number of nitrogens with one attached hydrogen (secondary N) is 1. The molecule has 0 heterocycles. The van der Waals surface area contributed by atoms with Gasteiger partial charge in [-0.1, -0.05) is 0 Å². The molecule has 132 valence electrons. The van der Waals surface area contributed by atoms with Crippen LogP contribution in [0.15, 0.2) is 18.2 Å². The number of amides is 1. The fraction of sp³-hybridized carbons (Fsp3) is 0.632. The molecule has 2 aliphatic rings. The Labute approximate surface area is 142 Å². The van der Waals surface area contributed by atoms with Gasteiger partial charge in [0.15, 0.2) is 0 Å². The first-order valence-corrected chi connectivity index (χ1v) is 8.71. The number of carbonyl (C=O) groups excluding carboxylic acids is 1. The van der Waals surface area contributed by atoms with Crippen LogP contribution in [0.5, 0.6) is 5.75 Å². The first-order valence-electron chi connectivity index (χ1n) is 8.71. The van der Waals surface area contributed by atoms with Crippen LogP contribution in [0.3, 0.4) is 0 Å². The van der Waals surface area contributed by atoms with Crippen molar-refractivity contribution in [3.8, 4) is 5.75 Å². The lowest BCUT2D eigenvalue weighted by Crippen LogP contribution is -2.33. The minimum absolute atomic E-state index is 0.241. The molecule has 1 N–H and O–H groups in total. The summed E-state index contributed by atoms with van der Waals surface area (Å²) in [4.78, 5) is 11.7. The topological polar surface area (TPSA) is 47.6 Å². The Morgan fingerprint density at radius 3 is 2.75 bits per heavy atom. The van der Waals surface area contributed by atoms with Crippen LogP contribution in [-0.2, 0) is 4.74 Å². The largest absolute Gasteiger partial charge is 0.493 e. The molecule has 2 atom stereocenters. The van der Waals surface area contributed by atoms with Gasteiger partial charge in [-0.2, -0.15) is 0 Å². The molecule has 3 rings (SSSR count). The van der Waals surface area contributed by atoms with Crippen LogP contribution in [0, 0.1) is 17.7 Å². The SMILES string of the molecule is CC(C)(C)OC(=O)NC[C@@H]1C[C@H]1c1cc(F)ccc1OCC1CC1. The molecule has 24 heavy (non-hydrogen) atoms. The zero-order chi connectivity index (χ0) is 17.3. The Morgan fingerprint density at radius 1 is 1.33 bits per heavy atom. The Kier molecular flexibility index (Phi) is 4.70. The van der Waals surface area contributed by atoms with Crippen molar-refractivity contribution in [2.24, 2.45) is 11.8 Å². The molecule has 0 aliphatic heterocycles. The van der Waals surface area contributed by atoms with Gasteiger partial charge in [-0.25, -0.2) is 9.18 Å². The van der Waals surface area contributed by atoms with Crippen molar-refractivity contribution in [3.63, 3.8) is 0 Å². The number of carbonyl (C=O) groups is 1. The van der Waals surface area contributed by atoms with E-state index in [2.05, 4.69) is 5.32 Å². The van der Waals surface area contributed by atoms with Gasteiger partial charge in [0.25, 0.3) is 0 Å². The second-order valence-corrected chi connectivity index (χ2v) is 7.92. The molecule has 0 aromatic heterocycles. The lowest BCUT2D eigenvalue weighted by Gasteiger charge is -2.19. The second-order valence-electron chi connectivity index (χ2n) is 7.92. The van der Waals surface area contributed by atoms with Crippen LogP contribution in [0.25, 0.3) is 0 Å². The van der Waals surface area contributed by atoms with Gasteiger partial charge in [-0.15, -0.1) is 0 Å². The van der Waals surface area contributed by atoms with Gasteiger partial charge in [0.2, 0.25) is 0 Å². The van der Waals surface area contributed by atoms with E-state index in [1.54, 1.807) is 12.1 Å². The molecule has 0 unspecified atom stereocenters. The minimum Gasteiger partial charge on any atom is -0.493 e. The lowest BCUT2D eigenvalue weighted by atomic mass is 10.1. The molecule has 2 fully saturated rings. The molecule has 2 aliphatic carbocycles. The maximum Gasteiger partial charge on any atom is 0.407 e. The van der Waals surface area contributed by atoms with Crippen LogP contribution in [0.4, 0.5) is 9.18 Å². The molecular formula is C19H26FNO3. The lowest BCUT2D eigenvalue weighted by molar-refractivity contribution is 0.0525. The van der Waals surface area contributed by atoms with Gasteiger partial charge < -0.3 is 14.8 Å². The van der Waals surface area contributed by atoms with Gasteiger partial charge in [0, 0.05) is 12.1 Å². The van der Waals surface area contributed by atoms with E-state index in [1.807, 2.05) is 20.8 Å². The van der Waals surface area contributed by atoms with E-state index in [-0.39, 0.29) is 11.7 Å². The number of benzene rings is 1. The summed E-state index contributed by atoms with van der Waals surface area (Å²) in [5, 5.41) is 2.80. The van der Waals surface area contributed by atoms with Crippen LogP contribution in [0.1, 0.15) is 51.5 Å². The van der Waals surface area contributed by atoms with E-state index in [9.17, 15) is 9.18 Å². The second kappa shape index (κ2) is 6.61. The summed E-state index contributed by atoms with van der Waals surface area (Å²) in [5.74, 6) is 1.75. The summed E-state index contributed by atoms with van der Waals surface area (Å²) in [6.45, 7) is 6.76. The third-order valence-corrected chi connectivity index (χ3v) is 4.37. The van der Waals surface area contributed by atoms with E-state index in [0.717, 1.165) is 17.7 Å². The van der Waals surface area contributed by atoms with Crippen LogP contribution in [-0.4, -0.2) is 24.8 Å². The number of hydrogen-bond donors (Lipinski definition) is 1.